The first kappa shape index (κ1) is 13.1. The van der Waals surface area contributed by atoms with Crippen LogP contribution in [0, 0.1) is 5.82 Å². The Bertz CT molecular complexity index is 585. The van der Waals surface area contributed by atoms with Crippen molar-refractivity contribution in [3.63, 3.8) is 0 Å². The first-order valence-corrected chi connectivity index (χ1v) is 7.59. The van der Waals surface area contributed by atoms with Crippen molar-refractivity contribution in [3.8, 4) is 0 Å². The van der Waals surface area contributed by atoms with Gasteiger partial charge in [-0.25, -0.2) is 4.39 Å². The molecule has 0 radical (unpaired) electrons. The van der Waals surface area contributed by atoms with Crippen LogP contribution in [0.2, 0.25) is 5.02 Å². The molecule has 0 fully saturated rings. The van der Waals surface area contributed by atoms with Crippen LogP contribution in [0.15, 0.2) is 24.3 Å². The molecule has 3 rings (SSSR count). The predicted octanol–water partition coefficient (Wildman–Crippen LogP) is 4.50. The number of halogens is 2. The Hall–Kier alpha value is -0.900. The number of rotatable bonds is 2. The molecule has 100 valence electrons. The van der Waals surface area contributed by atoms with Gasteiger partial charge < -0.3 is 5.11 Å². The molecule has 1 unspecified atom stereocenters. The average Bonchev–Trinajstić information content (AvgIpc) is 2.81. The quantitative estimate of drug-likeness (QED) is 0.865. The number of aryl methyl sites for hydroxylation is 2. The van der Waals surface area contributed by atoms with Crippen LogP contribution in [0.4, 0.5) is 4.39 Å². The van der Waals surface area contributed by atoms with Gasteiger partial charge in [0.1, 0.15) is 11.9 Å². The lowest BCUT2D eigenvalue weighted by atomic mass is 9.98. The molecule has 1 aliphatic carbocycles. The number of aliphatic hydroxyl groups excluding tert-OH is 1. The summed E-state index contributed by atoms with van der Waals surface area (Å²) in [7, 11) is 0. The number of aliphatic hydroxyl groups is 1. The van der Waals surface area contributed by atoms with Crippen LogP contribution >= 0.6 is 22.9 Å². The lowest BCUT2D eigenvalue weighted by Gasteiger charge is -2.10. The van der Waals surface area contributed by atoms with Crippen molar-refractivity contribution in [2.75, 3.05) is 0 Å². The molecular weight excluding hydrogens is 283 g/mol. The van der Waals surface area contributed by atoms with E-state index in [1.807, 2.05) is 6.07 Å². The highest BCUT2D eigenvalue weighted by atomic mass is 35.5. The number of hydrogen-bond acceptors (Lipinski definition) is 2. The standard InChI is InChI=1S/C15H14ClFOS/c16-10-5-6-11(12(17)8-10)15(18)14-7-9-3-1-2-4-13(9)19-14/h5-8,15,18H,1-4H2. The number of hydrogen-bond donors (Lipinski definition) is 1. The Morgan fingerprint density at radius 2 is 2.00 bits per heavy atom. The maximum absolute atomic E-state index is 13.8. The van der Waals surface area contributed by atoms with Crippen molar-refractivity contribution in [1.29, 1.82) is 0 Å². The van der Waals surface area contributed by atoms with Crippen LogP contribution in [0.25, 0.3) is 0 Å². The molecule has 0 bridgehead atoms. The van der Waals surface area contributed by atoms with Gasteiger partial charge >= 0.3 is 0 Å². The molecule has 0 amide bonds. The second kappa shape index (κ2) is 5.23. The molecule has 0 saturated heterocycles. The van der Waals surface area contributed by atoms with E-state index >= 15 is 0 Å². The van der Waals surface area contributed by atoms with Crippen molar-refractivity contribution >= 4 is 22.9 Å². The maximum Gasteiger partial charge on any atom is 0.130 e. The van der Waals surface area contributed by atoms with Gasteiger partial charge in [0.05, 0.1) is 0 Å². The minimum atomic E-state index is -0.895. The van der Waals surface area contributed by atoms with E-state index < -0.39 is 11.9 Å². The summed E-state index contributed by atoms with van der Waals surface area (Å²) in [5, 5.41) is 10.7. The fourth-order valence-electron chi connectivity index (χ4n) is 2.52. The molecule has 1 heterocycles. The molecule has 1 N–H and O–H groups in total. The van der Waals surface area contributed by atoms with Gasteiger partial charge in [-0.05, 0) is 49.4 Å². The van der Waals surface area contributed by atoms with Crippen LogP contribution in [0.1, 0.15) is 39.8 Å². The first-order chi connectivity index (χ1) is 9.15. The summed E-state index contributed by atoms with van der Waals surface area (Å²) in [5.74, 6) is -0.452. The molecule has 1 aromatic carbocycles. The third-order valence-electron chi connectivity index (χ3n) is 3.54. The number of benzene rings is 1. The fourth-order valence-corrected chi connectivity index (χ4v) is 3.95. The van der Waals surface area contributed by atoms with E-state index in [0.29, 0.717) is 10.6 Å². The van der Waals surface area contributed by atoms with Crippen LogP contribution in [0.5, 0.6) is 0 Å². The molecule has 0 saturated carbocycles. The average molecular weight is 297 g/mol. The number of thiophene rings is 1. The summed E-state index contributed by atoms with van der Waals surface area (Å²) in [5.41, 5.74) is 1.61. The highest BCUT2D eigenvalue weighted by Gasteiger charge is 2.21. The Morgan fingerprint density at radius 3 is 2.74 bits per heavy atom. The Kier molecular flexibility index (Phi) is 3.61. The molecule has 1 nitrogen and oxygen atoms in total. The van der Waals surface area contributed by atoms with Crippen molar-refractivity contribution < 1.29 is 9.50 Å². The summed E-state index contributed by atoms with van der Waals surface area (Å²) < 4.78 is 13.8. The summed E-state index contributed by atoms with van der Waals surface area (Å²) in [6, 6.07) is 6.43. The van der Waals surface area contributed by atoms with Crippen LogP contribution < -0.4 is 0 Å². The zero-order chi connectivity index (χ0) is 13.4. The van der Waals surface area contributed by atoms with Crippen molar-refractivity contribution in [1.82, 2.24) is 0 Å². The molecule has 0 aliphatic heterocycles. The highest BCUT2D eigenvalue weighted by Crippen LogP contribution is 2.36. The van der Waals surface area contributed by atoms with Crippen molar-refractivity contribution in [2.45, 2.75) is 31.8 Å². The molecular formula is C15H14ClFOS. The Balaban J connectivity index is 1.94. The SMILES string of the molecule is OC(c1cc2c(s1)CCCC2)c1ccc(Cl)cc1F. The zero-order valence-electron chi connectivity index (χ0n) is 10.3. The lowest BCUT2D eigenvalue weighted by Crippen LogP contribution is -2.00. The monoisotopic (exact) mass is 296 g/mol. The van der Waals surface area contributed by atoms with E-state index in [1.54, 1.807) is 23.5 Å². The van der Waals surface area contributed by atoms with Gasteiger partial charge in [-0.2, -0.15) is 0 Å². The molecule has 2 aromatic rings. The molecule has 0 spiro atoms. The largest absolute Gasteiger partial charge is 0.383 e. The summed E-state index contributed by atoms with van der Waals surface area (Å²) in [6.07, 6.45) is 3.66. The molecule has 19 heavy (non-hydrogen) atoms. The molecule has 1 atom stereocenters. The lowest BCUT2D eigenvalue weighted by molar-refractivity contribution is 0.218. The minimum Gasteiger partial charge on any atom is -0.383 e. The minimum absolute atomic E-state index is 0.294. The summed E-state index contributed by atoms with van der Waals surface area (Å²) in [4.78, 5) is 2.17. The van der Waals surface area contributed by atoms with E-state index in [4.69, 9.17) is 11.6 Å². The number of fused-ring (bicyclic) bond motifs is 1. The van der Waals surface area contributed by atoms with Gasteiger partial charge in [-0.1, -0.05) is 17.7 Å². The summed E-state index contributed by atoms with van der Waals surface area (Å²) in [6.45, 7) is 0. The third kappa shape index (κ3) is 2.55. The smallest absolute Gasteiger partial charge is 0.130 e. The van der Waals surface area contributed by atoms with E-state index in [2.05, 4.69) is 0 Å². The van der Waals surface area contributed by atoms with Gasteiger partial charge in [-0.15, -0.1) is 11.3 Å². The maximum atomic E-state index is 13.8. The molecule has 1 aromatic heterocycles. The van der Waals surface area contributed by atoms with Gasteiger partial charge in [-0.3, -0.25) is 0 Å². The van der Waals surface area contributed by atoms with Gasteiger partial charge in [0.15, 0.2) is 0 Å². The first-order valence-electron chi connectivity index (χ1n) is 6.39. The van der Waals surface area contributed by atoms with E-state index in [0.717, 1.165) is 17.7 Å². The van der Waals surface area contributed by atoms with E-state index in [-0.39, 0.29) is 0 Å². The second-order valence-corrected chi connectivity index (χ2v) is 6.48. The Labute approximate surface area is 120 Å². The van der Waals surface area contributed by atoms with Crippen molar-refractivity contribution in [2.24, 2.45) is 0 Å². The van der Waals surface area contributed by atoms with Gasteiger partial charge in [0.2, 0.25) is 0 Å². The van der Waals surface area contributed by atoms with Crippen molar-refractivity contribution in [3.05, 3.63) is 56.0 Å². The van der Waals surface area contributed by atoms with Gasteiger partial charge in [0.25, 0.3) is 0 Å². The normalized spacial score (nSPS) is 16.2. The van der Waals surface area contributed by atoms with E-state index in [1.165, 1.54) is 29.3 Å². The Morgan fingerprint density at radius 1 is 1.21 bits per heavy atom. The van der Waals surface area contributed by atoms with Crippen LogP contribution in [-0.4, -0.2) is 5.11 Å². The van der Waals surface area contributed by atoms with Crippen LogP contribution in [0.3, 0.4) is 0 Å². The molecule has 1 aliphatic rings. The molecule has 4 heteroatoms. The fraction of sp³-hybridized carbons (Fsp3) is 0.333. The van der Waals surface area contributed by atoms with Gasteiger partial charge in [0, 0.05) is 20.3 Å². The topological polar surface area (TPSA) is 20.2 Å². The zero-order valence-corrected chi connectivity index (χ0v) is 11.9. The highest BCUT2D eigenvalue weighted by molar-refractivity contribution is 7.12. The predicted molar refractivity (Wildman–Crippen MR) is 76.4 cm³/mol. The third-order valence-corrected chi connectivity index (χ3v) is 5.07. The summed E-state index contributed by atoms with van der Waals surface area (Å²) >= 11 is 7.33. The van der Waals surface area contributed by atoms with Crippen LogP contribution in [-0.2, 0) is 12.8 Å². The van der Waals surface area contributed by atoms with E-state index in [9.17, 15) is 9.50 Å². The second-order valence-electron chi connectivity index (χ2n) is 4.87.